The van der Waals surface area contributed by atoms with Crippen molar-refractivity contribution in [2.75, 3.05) is 0 Å². The van der Waals surface area contributed by atoms with Crippen molar-refractivity contribution in [3.8, 4) is 0 Å². The molecule has 104 valence electrons. The molecule has 0 fully saturated rings. The number of hydrogen-bond donors (Lipinski definition) is 0. The van der Waals surface area contributed by atoms with Crippen LogP contribution in [0.4, 0.5) is 0 Å². The fourth-order valence-corrected chi connectivity index (χ4v) is 2.62. The summed E-state index contributed by atoms with van der Waals surface area (Å²) in [6.07, 6.45) is 1.09. The van der Waals surface area contributed by atoms with Gasteiger partial charge in [0, 0.05) is 20.6 Å². The third-order valence-electron chi connectivity index (χ3n) is 3.53. The number of rotatable bonds is 4. The van der Waals surface area contributed by atoms with Gasteiger partial charge in [0.25, 0.3) is 0 Å². The van der Waals surface area contributed by atoms with Crippen molar-refractivity contribution in [3.05, 3.63) is 68.7 Å². The average molecular weight is 352 g/mol. The lowest BCUT2D eigenvalue weighted by Crippen LogP contribution is -2.03. The van der Waals surface area contributed by atoms with Crippen LogP contribution in [0.5, 0.6) is 0 Å². The molecule has 1 unspecified atom stereocenters. The third kappa shape index (κ3) is 3.31. The zero-order valence-electron chi connectivity index (χ0n) is 11.5. The second kappa shape index (κ2) is 6.55. The second-order valence-electron chi connectivity index (χ2n) is 4.88. The molecule has 1 atom stereocenters. The lowest BCUT2D eigenvalue weighted by Gasteiger charge is -2.10. The summed E-state index contributed by atoms with van der Waals surface area (Å²) in [5.74, 6) is 0.493. The predicted molar refractivity (Wildman–Crippen MR) is 87.7 cm³/mol. The van der Waals surface area contributed by atoms with E-state index in [4.69, 9.17) is 11.6 Å². The number of hydrogen-bond acceptors (Lipinski definition) is 1. The fraction of sp³-hybridized carbons (Fsp3) is 0.235. The molecule has 0 aliphatic heterocycles. The van der Waals surface area contributed by atoms with E-state index in [9.17, 15) is 4.79 Å². The molecule has 0 amide bonds. The SMILES string of the molecule is CCC(C)c1ccc(C(=O)c2cc(Cl)ccc2Br)cc1. The Bertz CT molecular complexity index is 619. The van der Waals surface area contributed by atoms with Crippen LogP contribution in [-0.2, 0) is 0 Å². The Labute approximate surface area is 133 Å². The molecule has 2 aromatic carbocycles. The minimum atomic E-state index is -0.0184. The quantitative estimate of drug-likeness (QED) is 0.632. The summed E-state index contributed by atoms with van der Waals surface area (Å²) >= 11 is 9.36. The van der Waals surface area contributed by atoms with E-state index in [1.165, 1.54) is 5.56 Å². The topological polar surface area (TPSA) is 17.1 Å². The van der Waals surface area contributed by atoms with E-state index in [-0.39, 0.29) is 5.78 Å². The van der Waals surface area contributed by atoms with Crippen LogP contribution in [0.3, 0.4) is 0 Å². The highest BCUT2D eigenvalue weighted by Gasteiger charge is 2.13. The van der Waals surface area contributed by atoms with Gasteiger partial charge in [0.1, 0.15) is 0 Å². The van der Waals surface area contributed by atoms with Gasteiger partial charge in [0.15, 0.2) is 5.78 Å². The van der Waals surface area contributed by atoms with Gasteiger partial charge in [0.2, 0.25) is 0 Å². The minimum absolute atomic E-state index is 0.0184. The van der Waals surface area contributed by atoms with Crippen LogP contribution in [0.2, 0.25) is 5.02 Å². The molecule has 2 aromatic rings. The van der Waals surface area contributed by atoms with E-state index in [0.29, 0.717) is 22.1 Å². The highest BCUT2D eigenvalue weighted by Crippen LogP contribution is 2.25. The molecule has 0 aromatic heterocycles. The Morgan fingerprint density at radius 1 is 1.20 bits per heavy atom. The zero-order valence-corrected chi connectivity index (χ0v) is 13.8. The number of benzene rings is 2. The van der Waals surface area contributed by atoms with Crippen LogP contribution in [-0.4, -0.2) is 5.78 Å². The first kappa shape index (κ1) is 15.3. The molecular formula is C17H16BrClO. The fourth-order valence-electron chi connectivity index (χ4n) is 2.03. The van der Waals surface area contributed by atoms with E-state index in [1.807, 2.05) is 24.3 Å². The summed E-state index contributed by atoms with van der Waals surface area (Å²) in [4.78, 5) is 12.5. The molecule has 0 bridgehead atoms. The van der Waals surface area contributed by atoms with Crippen LogP contribution in [0.15, 0.2) is 46.9 Å². The van der Waals surface area contributed by atoms with Crippen molar-refractivity contribution in [1.82, 2.24) is 0 Å². The Kier molecular flexibility index (Phi) is 5.00. The van der Waals surface area contributed by atoms with Crippen LogP contribution >= 0.6 is 27.5 Å². The molecule has 0 radical (unpaired) electrons. The third-order valence-corrected chi connectivity index (χ3v) is 4.45. The summed E-state index contributed by atoms with van der Waals surface area (Å²) < 4.78 is 0.762. The molecule has 1 nitrogen and oxygen atoms in total. The highest BCUT2D eigenvalue weighted by molar-refractivity contribution is 9.10. The number of carbonyl (C=O) groups is 1. The van der Waals surface area contributed by atoms with Gasteiger partial charge >= 0.3 is 0 Å². The molecule has 0 aliphatic rings. The molecule has 0 spiro atoms. The molecular weight excluding hydrogens is 336 g/mol. The molecule has 2 rings (SSSR count). The lowest BCUT2D eigenvalue weighted by molar-refractivity contribution is 0.103. The van der Waals surface area contributed by atoms with Gasteiger partial charge in [-0.2, -0.15) is 0 Å². The Morgan fingerprint density at radius 2 is 1.85 bits per heavy atom. The van der Waals surface area contributed by atoms with Crippen LogP contribution in [0.25, 0.3) is 0 Å². The predicted octanol–water partition coefficient (Wildman–Crippen LogP) is 5.85. The summed E-state index contributed by atoms with van der Waals surface area (Å²) in [5, 5.41) is 0.563. The Morgan fingerprint density at radius 3 is 2.45 bits per heavy atom. The van der Waals surface area contributed by atoms with Crippen molar-refractivity contribution in [1.29, 1.82) is 0 Å². The van der Waals surface area contributed by atoms with Gasteiger partial charge in [-0.25, -0.2) is 0 Å². The van der Waals surface area contributed by atoms with Crippen molar-refractivity contribution in [2.24, 2.45) is 0 Å². The van der Waals surface area contributed by atoms with E-state index < -0.39 is 0 Å². The summed E-state index contributed by atoms with van der Waals surface area (Å²) in [5.41, 5.74) is 2.53. The number of carbonyl (C=O) groups excluding carboxylic acids is 1. The van der Waals surface area contributed by atoms with Gasteiger partial charge in [0.05, 0.1) is 0 Å². The highest BCUT2D eigenvalue weighted by atomic mass is 79.9. The largest absolute Gasteiger partial charge is 0.289 e. The van der Waals surface area contributed by atoms with Crippen molar-refractivity contribution in [2.45, 2.75) is 26.2 Å². The van der Waals surface area contributed by atoms with Gasteiger partial charge in [-0.15, -0.1) is 0 Å². The van der Waals surface area contributed by atoms with E-state index in [1.54, 1.807) is 18.2 Å². The van der Waals surface area contributed by atoms with Gasteiger partial charge in [-0.3, -0.25) is 4.79 Å². The maximum Gasteiger partial charge on any atom is 0.194 e. The van der Waals surface area contributed by atoms with Crippen molar-refractivity contribution in [3.63, 3.8) is 0 Å². The van der Waals surface area contributed by atoms with Gasteiger partial charge in [-0.05, 0) is 36.1 Å². The average Bonchev–Trinajstić information content (AvgIpc) is 2.48. The molecule has 0 aliphatic carbocycles. The smallest absolute Gasteiger partial charge is 0.194 e. The lowest BCUT2D eigenvalue weighted by atomic mass is 9.95. The minimum Gasteiger partial charge on any atom is -0.289 e. The summed E-state index contributed by atoms with van der Waals surface area (Å²) in [6, 6.07) is 13.1. The molecule has 20 heavy (non-hydrogen) atoms. The maximum absolute atomic E-state index is 12.5. The molecule has 0 saturated carbocycles. The van der Waals surface area contributed by atoms with E-state index in [2.05, 4.69) is 29.8 Å². The van der Waals surface area contributed by atoms with Gasteiger partial charge < -0.3 is 0 Å². The molecule has 0 N–H and O–H groups in total. The standard InChI is InChI=1S/C17H16BrClO/c1-3-11(2)12-4-6-13(7-5-12)17(20)15-10-14(19)8-9-16(15)18/h4-11H,3H2,1-2H3. The summed E-state index contributed by atoms with van der Waals surface area (Å²) in [6.45, 7) is 4.34. The first-order valence-corrected chi connectivity index (χ1v) is 7.79. The normalized spacial score (nSPS) is 12.2. The molecule has 0 saturated heterocycles. The molecule has 3 heteroatoms. The monoisotopic (exact) mass is 350 g/mol. The second-order valence-corrected chi connectivity index (χ2v) is 6.18. The number of ketones is 1. The van der Waals surface area contributed by atoms with Crippen molar-refractivity contribution < 1.29 is 4.79 Å². The Hall–Kier alpha value is -1.12. The Balaban J connectivity index is 2.32. The first-order chi connectivity index (χ1) is 9.52. The first-order valence-electron chi connectivity index (χ1n) is 6.62. The van der Waals surface area contributed by atoms with Crippen LogP contribution < -0.4 is 0 Å². The zero-order chi connectivity index (χ0) is 14.7. The van der Waals surface area contributed by atoms with E-state index in [0.717, 1.165) is 10.9 Å². The maximum atomic E-state index is 12.5. The summed E-state index contributed by atoms with van der Waals surface area (Å²) in [7, 11) is 0. The van der Waals surface area contributed by atoms with Gasteiger partial charge in [-0.1, -0.05) is 65.6 Å². The molecule has 0 heterocycles. The van der Waals surface area contributed by atoms with E-state index >= 15 is 0 Å². The van der Waals surface area contributed by atoms with Crippen molar-refractivity contribution >= 4 is 33.3 Å². The number of halogens is 2. The van der Waals surface area contributed by atoms with Crippen LogP contribution in [0.1, 0.15) is 47.7 Å². The van der Waals surface area contributed by atoms with Crippen LogP contribution in [0, 0.1) is 0 Å².